The molecule has 0 unspecified atom stereocenters. The SMILES string of the molecule is Cl.Clc1cccc2c1NCCO2. The first kappa shape index (κ1) is 9.49. The molecule has 1 heterocycles. The molecule has 0 amide bonds. The summed E-state index contributed by atoms with van der Waals surface area (Å²) >= 11 is 5.90. The van der Waals surface area contributed by atoms with Crippen molar-refractivity contribution in [1.82, 2.24) is 0 Å². The third-order valence-corrected chi connectivity index (χ3v) is 1.95. The lowest BCUT2D eigenvalue weighted by molar-refractivity contribution is 0.323. The number of benzene rings is 1. The first-order valence-corrected chi connectivity index (χ1v) is 3.91. The van der Waals surface area contributed by atoms with E-state index in [2.05, 4.69) is 5.32 Å². The van der Waals surface area contributed by atoms with Crippen LogP contribution in [0.2, 0.25) is 5.02 Å². The Kier molecular flexibility index (Phi) is 3.06. The smallest absolute Gasteiger partial charge is 0.144 e. The van der Waals surface area contributed by atoms with Crippen LogP contribution in [0.25, 0.3) is 0 Å². The second-order valence-electron chi connectivity index (χ2n) is 2.39. The van der Waals surface area contributed by atoms with Crippen LogP contribution in [0.4, 0.5) is 5.69 Å². The van der Waals surface area contributed by atoms with Crippen molar-refractivity contribution in [1.29, 1.82) is 0 Å². The van der Waals surface area contributed by atoms with Crippen LogP contribution in [0.1, 0.15) is 0 Å². The Morgan fingerprint density at radius 3 is 3.00 bits per heavy atom. The predicted molar refractivity (Wildman–Crippen MR) is 52.7 cm³/mol. The summed E-state index contributed by atoms with van der Waals surface area (Å²) in [4.78, 5) is 0. The third-order valence-electron chi connectivity index (χ3n) is 1.64. The number of halogens is 2. The maximum atomic E-state index is 5.90. The van der Waals surface area contributed by atoms with Gasteiger partial charge < -0.3 is 10.1 Å². The number of fused-ring (bicyclic) bond motifs is 1. The lowest BCUT2D eigenvalue weighted by atomic mass is 10.2. The number of hydrogen-bond acceptors (Lipinski definition) is 2. The fourth-order valence-electron chi connectivity index (χ4n) is 1.13. The largest absolute Gasteiger partial charge is 0.490 e. The number of hydrogen-bond donors (Lipinski definition) is 1. The van der Waals surface area contributed by atoms with Crippen LogP contribution in [0.3, 0.4) is 0 Å². The molecule has 1 aromatic rings. The standard InChI is InChI=1S/C8H8ClNO.ClH/c9-6-2-1-3-7-8(6)10-4-5-11-7;/h1-3,10H,4-5H2;1H. The van der Waals surface area contributed by atoms with E-state index in [4.69, 9.17) is 16.3 Å². The molecule has 4 heteroatoms. The lowest BCUT2D eigenvalue weighted by Gasteiger charge is -2.19. The van der Waals surface area contributed by atoms with Gasteiger partial charge in [-0.05, 0) is 12.1 Å². The molecule has 1 aromatic carbocycles. The summed E-state index contributed by atoms with van der Waals surface area (Å²) in [5, 5.41) is 3.90. The van der Waals surface area contributed by atoms with Crippen LogP contribution in [0, 0.1) is 0 Å². The molecule has 0 aliphatic carbocycles. The number of para-hydroxylation sites is 1. The van der Waals surface area contributed by atoms with E-state index in [1.165, 1.54) is 0 Å². The Morgan fingerprint density at radius 1 is 1.42 bits per heavy atom. The average molecular weight is 206 g/mol. The van der Waals surface area contributed by atoms with Crippen molar-refractivity contribution < 1.29 is 4.74 Å². The van der Waals surface area contributed by atoms with Crippen LogP contribution in [0.15, 0.2) is 18.2 Å². The van der Waals surface area contributed by atoms with Gasteiger partial charge in [-0.25, -0.2) is 0 Å². The third kappa shape index (κ3) is 1.59. The quantitative estimate of drug-likeness (QED) is 0.704. The van der Waals surface area contributed by atoms with Crippen LogP contribution in [0.5, 0.6) is 5.75 Å². The van der Waals surface area contributed by atoms with E-state index in [9.17, 15) is 0 Å². The van der Waals surface area contributed by atoms with Crippen molar-refractivity contribution in [3.8, 4) is 5.75 Å². The molecule has 1 aliphatic rings. The van der Waals surface area contributed by atoms with Gasteiger partial charge in [-0.2, -0.15) is 0 Å². The predicted octanol–water partition coefficient (Wildman–Crippen LogP) is 2.57. The van der Waals surface area contributed by atoms with Gasteiger partial charge in [0.05, 0.1) is 10.7 Å². The summed E-state index contributed by atoms with van der Waals surface area (Å²) in [5.74, 6) is 0.851. The summed E-state index contributed by atoms with van der Waals surface area (Å²) in [7, 11) is 0. The molecule has 0 aromatic heterocycles. The number of anilines is 1. The maximum Gasteiger partial charge on any atom is 0.144 e. The molecule has 0 saturated heterocycles. The highest BCUT2D eigenvalue weighted by molar-refractivity contribution is 6.33. The molecule has 0 atom stereocenters. The van der Waals surface area contributed by atoms with Gasteiger partial charge in [0.2, 0.25) is 0 Å². The minimum atomic E-state index is 0. The average Bonchev–Trinajstić information content (AvgIpc) is 2.06. The van der Waals surface area contributed by atoms with Crippen LogP contribution in [-0.4, -0.2) is 13.2 Å². The van der Waals surface area contributed by atoms with Crippen molar-refractivity contribution in [2.75, 3.05) is 18.5 Å². The monoisotopic (exact) mass is 205 g/mol. The normalized spacial score (nSPS) is 13.4. The Bertz CT molecular complexity index is 278. The molecule has 1 N–H and O–H groups in total. The molecule has 12 heavy (non-hydrogen) atoms. The van der Waals surface area contributed by atoms with Crippen molar-refractivity contribution in [3.05, 3.63) is 23.2 Å². The summed E-state index contributed by atoms with van der Waals surface area (Å²) in [6, 6.07) is 5.64. The van der Waals surface area contributed by atoms with E-state index in [0.717, 1.165) is 23.0 Å². The minimum Gasteiger partial charge on any atom is -0.490 e. The Labute approximate surface area is 82.3 Å². The molecular weight excluding hydrogens is 197 g/mol. The Hall–Kier alpha value is -0.600. The second-order valence-corrected chi connectivity index (χ2v) is 2.80. The lowest BCUT2D eigenvalue weighted by Crippen LogP contribution is -2.18. The first-order valence-electron chi connectivity index (χ1n) is 3.53. The van der Waals surface area contributed by atoms with E-state index in [1.807, 2.05) is 18.2 Å². The zero-order valence-corrected chi connectivity index (χ0v) is 7.91. The van der Waals surface area contributed by atoms with E-state index < -0.39 is 0 Å². The topological polar surface area (TPSA) is 21.3 Å². The fraction of sp³-hybridized carbons (Fsp3) is 0.250. The van der Waals surface area contributed by atoms with Gasteiger partial charge >= 0.3 is 0 Å². The van der Waals surface area contributed by atoms with E-state index in [0.29, 0.717) is 6.61 Å². The van der Waals surface area contributed by atoms with Gasteiger partial charge in [0.15, 0.2) is 0 Å². The van der Waals surface area contributed by atoms with E-state index >= 15 is 0 Å². The van der Waals surface area contributed by atoms with Crippen LogP contribution in [-0.2, 0) is 0 Å². The zero-order valence-electron chi connectivity index (χ0n) is 6.34. The second kappa shape index (κ2) is 3.87. The van der Waals surface area contributed by atoms with Gasteiger partial charge in [0, 0.05) is 6.54 Å². The van der Waals surface area contributed by atoms with E-state index in [1.54, 1.807) is 0 Å². The first-order chi connectivity index (χ1) is 5.38. The van der Waals surface area contributed by atoms with Crippen molar-refractivity contribution in [2.24, 2.45) is 0 Å². The minimum absolute atomic E-state index is 0. The highest BCUT2D eigenvalue weighted by atomic mass is 35.5. The zero-order chi connectivity index (χ0) is 7.68. The summed E-state index contributed by atoms with van der Waals surface area (Å²) in [6.45, 7) is 1.55. The summed E-state index contributed by atoms with van der Waals surface area (Å²) < 4.78 is 5.36. The highest BCUT2D eigenvalue weighted by Crippen LogP contribution is 2.33. The molecule has 0 fully saturated rings. The summed E-state index contributed by atoms with van der Waals surface area (Å²) in [5.41, 5.74) is 0.917. The molecule has 0 radical (unpaired) electrons. The van der Waals surface area contributed by atoms with Gasteiger partial charge in [0.25, 0.3) is 0 Å². The van der Waals surface area contributed by atoms with Crippen molar-refractivity contribution >= 4 is 29.7 Å². The van der Waals surface area contributed by atoms with E-state index in [-0.39, 0.29) is 12.4 Å². The molecule has 66 valence electrons. The van der Waals surface area contributed by atoms with Gasteiger partial charge in [-0.3, -0.25) is 0 Å². The molecule has 2 rings (SSSR count). The van der Waals surface area contributed by atoms with Crippen LogP contribution >= 0.6 is 24.0 Å². The Morgan fingerprint density at radius 2 is 2.25 bits per heavy atom. The molecule has 0 spiro atoms. The van der Waals surface area contributed by atoms with Gasteiger partial charge in [-0.1, -0.05) is 17.7 Å². The van der Waals surface area contributed by atoms with Gasteiger partial charge in [0.1, 0.15) is 12.4 Å². The number of ether oxygens (including phenoxy) is 1. The van der Waals surface area contributed by atoms with Gasteiger partial charge in [-0.15, -0.1) is 12.4 Å². The van der Waals surface area contributed by atoms with Crippen LogP contribution < -0.4 is 10.1 Å². The Balaban J connectivity index is 0.000000720. The molecule has 0 bridgehead atoms. The van der Waals surface area contributed by atoms with Crippen molar-refractivity contribution in [2.45, 2.75) is 0 Å². The molecule has 2 nitrogen and oxygen atoms in total. The summed E-state index contributed by atoms with van der Waals surface area (Å²) in [6.07, 6.45) is 0. The molecular formula is C8H9Cl2NO. The number of rotatable bonds is 0. The molecule has 1 aliphatic heterocycles. The maximum absolute atomic E-state index is 5.90. The number of nitrogens with one attached hydrogen (secondary N) is 1. The molecule has 0 saturated carbocycles. The van der Waals surface area contributed by atoms with Crippen molar-refractivity contribution in [3.63, 3.8) is 0 Å². The fourth-order valence-corrected chi connectivity index (χ4v) is 1.37. The highest BCUT2D eigenvalue weighted by Gasteiger charge is 2.10.